The van der Waals surface area contributed by atoms with Gasteiger partial charge in [-0.3, -0.25) is 4.99 Å². The van der Waals surface area contributed by atoms with E-state index in [1.54, 1.807) is 0 Å². The third-order valence-corrected chi connectivity index (χ3v) is 2.29. The molecule has 0 aliphatic carbocycles. The van der Waals surface area contributed by atoms with E-state index in [-0.39, 0.29) is 0 Å². The summed E-state index contributed by atoms with van der Waals surface area (Å²) in [5.74, 6) is 0. The average Bonchev–Trinajstić information content (AvgIpc) is 2.26. The van der Waals surface area contributed by atoms with Crippen LogP contribution in [0.4, 0.5) is 0 Å². The van der Waals surface area contributed by atoms with E-state index in [9.17, 15) is 0 Å². The number of hydrogen-bond acceptors (Lipinski definition) is 1. The Bertz CT molecular complexity index is 327. The van der Waals surface area contributed by atoms with Crippen LogP contribution in [0.15, 0.2) is 47.5 Å². The van der Waals surface area contributed by atoms with Gasteiger partial charge in [-0.15, -0.1) is 0 Å². The molecule has 74 valence electrons. The summed E-state index contributed by atoms with van der Waals surface area (Å²) in [6, 6.07) is 9.74. The van der Waals surface area contributed by atoms with Gasteiger partial charge in [-0.05, 0) is 6.42 Å². The van der Waals surface area contributed by atoms with Crippen LogP contribution in [0, 0.1) is 0 Å². The Morgan fingerprint density at radius 3 is 2.57 bits per heavy atom. The van der Waals surface area contributed by atoms with E-state index in [4.69, 9.17) is 11.6 Å². The van der Waals surface area contributed by atoms with Crippen molar-refractivity contribution >= 4 is 16.8 Å². The second-order valence-corrected chi connectivity index (χ2v) is 3.43. The zero-order chi connectivity index (χ0) is 10.4. The predicted octanol–water partition coefficient (Wildman–Crippen LogP) is 3.64. The van der Waals surface area contributed by atoms with E-state index >= 15 is 0 Å². The summed E-state index contributed by atoms with van der Waals surface area (Å²) >= 11 is 6.02. The Kier molecular flexibility index (Phi) is 4.41. The third kappa shape index (κ3) is 3.35. The molecule has 0 saturated heterocycles. The standard InChI is InChI=1S/C12H14ClN/c1-3-10(2)9-14-12(13)11-7-5-4-6-8-11/h4-8H,2-3,9H2,1H3. The van der Waals surface area contributed by atoms with Crippen LogP contribution in [0.3, 0.4) is 0 Å². The maximum atomic E-state index is 6.02. The van der Waals surface area contributed by atoms with Crippen molar-refractivity contribution in [3.8, 4) is 0 Å². The fourth-order valence-corrected chi connectivity index (χ4v) is 1.15. The molecule has 0 saturated carbocycles. The normalized spacial score (nSPS) is 11.4. The Labute approximate surface area is 90.1 Å². The van der Waals surface area contributed by atoms with Crippen molar-refractivity contribution in [2.45, 2.75) is 13.3 Å². The molecule has 1 aromatic rings. The molecular weight excluding hydrogens is 194 g/mol. The van der Waals surface area contributed by atoms with Crippen molar-refractivity contribution in [2.75, 3.05) is 6.54 Å². The van der Waals surface area contributed by atoms with E-state index in [0.717, 1.165) is 17.6 Å². The minimum atomic E-state index is 0.556. The van der Waals surface area contributed by atoms with Crippen LogP contribution in [0.25, 0.3) is 0 Å². The third-order valence-electron chi connectivity index (χ3n) is 1.95. The molecule has 0 radical (unpaired) electrons. The van der Waals surface area contributed by atoms with Crippen LogP contribution >= 0.6 is 11.6 Å². The van der Waals surface area contributed by atoms with Crippen molar-refractivity contribution in [1.82, 2.24) is 0 Å². The van der Waals surface area contributed by atoms with E-state index < -0.39 is 0 Å². The van der Waals surface area contributed by atoms with Crippen molar-refractivity contribution in [3.05, 3.63) is 48.0 Å². The van der Waals surface area contributed by atoms with Crippen molar-refractivity contribution in [1.29, 1.82) is 0 Å². The SMILES string of the molecule is C=C(CC)CN=C(Cl)c1ccccc1. The van der Waals surface area contributed by atoms with Crippen LogP contribution in [0.2, 0.25) is 0 Å². The van der Waals surface area contributed by atoms with Gasteiger partial charge in [0.05, 0.1) is 6.54 Å². The summed E-state index contributed by atoms with van der Waals surface area (Å²) < 4.78 is 0. The lowest BCUT2D eigenvalue weighted by Gasteiger charge is -1.99. The second-order valence-electron chi connectivity index (χ2n) is 3.08. The van der Waals surface area contributed by atoms with Gasteiger partial charge in [0.25, 0.3) is 0 Å². The van der Waals surface area contributed by atoms with Crippen molar-refractivity contribution in [3.63, 3.8) is 0 Å². The summed E-state index contributed by atoms with van der Waals surface area (Å²) in [7, 11) is 0. The molecule has 0 heterocycles. The quantitative estimate of drug-likeness (QED) is 0.528. The molecule has 1 aromatic carbocycles. The predicted molar refractivity (Wildman–Crippen MR) is 63.1 cm³/mol. The summed E-state index contributed by atoms with van der Waals surface area (Å²) in [6.07, 6.45) is 0.947. The summed E-state index contributed by atoms with van der Waals surface area (Å²) in [6.45, 7) is 6.55. The van der Waals surface area contributed by atoms with Gasteiger partial charge in [0.1, 0.15) is 5.17 Å². The molecule has 1 nitrogen and oxygen atoms in total. The first-order chi connectivity index (χ1) is 6.74. The van der Waals surface area contributed by atoms with E-state index in [2.05, 4.69) is 18.5 Å². The number of nitrogens with zero attached hydrogens (tertiary/aromatic N) is 1. The molecule has 1 rings (SSSR count). The number of halogens is 1. The average molecular weight is 208 g/mol. The molecule has 14 heavy (non-hydrogen) atoms. The lowest BCUT2D eigenvalue weighted by molar-refractivity contribution is 1.02. The summed E-state index contributed by atoms with van der Waals surface area (Å²) in [5.41, 5.74) is 2.05. The van der Waals surface area contributed by atoms with E-state index in [1.165, 1.54) is 0 Å². The molecule has 0 bridgehead atoms. The highest BCUT2D eigenvalue weighted by Gasteiger charge is 1.97. The lowest BCUT2D eigenvalue weighted by atomic mass is 10.2. The van der Waals surface area contributed by atoms with Gasteiger partial charge in [-0.2, -0.15) is 0 Å². The maximum absolute atomic E-state index is 6.02. The van der Waals surface area contributed by atoms with Crippen molar-refractivity contribution in [2.24, 2.45) is 4.99 Å². The molecule has 0 spiro atoms. The molecule has 0 aliphatic rings. The Morgan fingerprint density at radius 1 is 1.36 bits per heavy atom. The number of aliphatic imine (C=N–C) groups is 1. The van der Waals surface area contributed by atoms with Crippen LogP contribution in [-0.2, 0) is 0 Å². The fraction of sp³-hybridized carbons (Fsp3) is 0.250. The van der Waals surface area contributed by atoms with Gasteiger partial charge >= 0.3 is 0 Å². The van der Waals surface area contributed by atoms with Crippen LogP contribution < -0.4 is 0 Å². The highest BCUT2D eigenvalue weighted by Crippen LogP contribution is 2.06. The minimum absolute atomic E-state index is 0.556. The van der Waals surface area contributed by atoms with Gasteiger partial charge in [-0.1, -0.05) is 61.0 Å². The smallest absolute Gasteiger partial charge is 0.131 e. The van der Waals surface area contributed by atoms with Gasteiger partial charge in [0, 0.05) is 5.56 Å². The first-order valence-corrected chi connectivity index (χ1v) is 5.04. The minimum Gasteiger partial charge on any atom is -0.268 e. The zero-order valence-electron chi connectivity index (χ0n) is 8.33. The molecule has 0 N–H and O–H groups in total. The molecular formula is C12H14ClN. The molecule has 0 unspecified atom stereocenters. The number of hydrogen-bond donors (Lipinski definition) is 0. The fourth-order valence-electron chi connectivity index (χ4n) is 0.960. The Hall–Kier alpha value is -1.08. The zero-order valence-corrected chi connectivity index (χ0v) is 9.09. The molecule has 0 atom stereocenters. The van der Waals surface area contributed by atoms with Crippen LogP contribution in [0.1, 0.15) is 18.9 Å². The lowest BCUT2D eigenvalue weighted by Crippen LogP contribution is -1.94. The first-order valence-electron chi connectivity index (χ1n) is 4.66. The summed E-state index contributed by atoms with van der Waals surface area (Å²) in [4.78, 5) is 4.25. The van der Waals surface area contributed by atoms with Crippen molar-refractivity contribution < 1.29 is 0 Å². The van der Waals surface area contributed by atoms with E-state index in [1.807, 2.05) is 30.3 Å². The van der Waals surface area contributed by atoms with Gasteiger partial charge in [-0.25, -0.2) is 0 Å². The number of rotatable bonds is 4. The van der Waals surface area contributed by atoms with E-state index in [0.29, 0.717) is 11.7 Å². The highest BCUT2D eigenvalue weighted by molar-refractivity contribution is 6.69. The maximum Gasteiger partial charge on any atom is 0.131 e. The summed E-state index contributed by atoms with van der Waals surface area (Å²) in [5, 5.41) is 0.556. The second kappa shape index (κ2) is 5.61. The Balaban J connectivity index is 2.66. The molecule has 0 fully saturated rings. The topological polar surface area (TPSA) is 12.4 Å². The Morgan fingerprint density at radius 2 is 2.00 bits per heavy atom. The highest BCUT2D eigenvalue weighted by atomic mass is 35.5. The monoisotopic (exact) mass is 207 g/mol. The first kappa shape index (κ1) is 11.0. The van der Waals surface area contributed by atoms with Crippen LogP contribution in [0.5, 0.6) is 0 Å². The van der Waals surface area contributed by atoms with Gasteiger partial charge < -0.3 is 0 Å². The van der Waals surface area contributed by atoms with Gasteiger partial charge in [0.2, 0.25) is 0 Å². The molecule has 0 aromatic heterocycles. The number of benzene rings is 1. The van der Waals surface area contributed by atoms with Gasteiger partial charge in [0.15, 0.2) is 0 Å². The van der Waals surface area contributed by atoms with Crippen LogP contribution in [-0.4, -0.2) is 11.7 Å². The largest absolute Gasteiger partial charge is 0.268 e. The molecule has 0 amide bonds. The molecule has 2 heteroatoms. The molecule has 0 aliphatic heterocycles.